The van der Waals surface area contributed by atoms with E-state index in [4.69, 9.17) is 18.9 Å². The zero-order valence-electron chi connectivity index (χ0n) is 24.3. The van der Waals surface area contributed by atoms with Crippen molar-refractivity contribution in [3.05, 3.63) is 91.0 Å². The molecule has 12 nitrogen and oxygen atoms in total. The quantitative estimate of drug-likeness (QED) is 0.217. The number of hydrogen-bond acceptors (Lipinski definition) is 9. The zero-order chi connectivity index (χ0) is 31.9. The number of carbonyl (C=O) groups excluding carboxylic acids is 1. The molecule has 4 rings (SSSR count). The second kappa shape index (κ2) is 13.6. The monoisotopic (exact) mass is 641 g/mol. The first kappa shape index (κ1) is 32.0. The molecule has 0 spiro atoms. The number of methoxy groups -OCH3 is 4. The van der Waals surface area contributed by atoms with Gasteiger partial charge >= 0.3 is 0 Å². The molecule has 0 heterocycles. The number of benzene rings is 4. The van der Waals surface area contributed by atoms with Crippen molar-refractivity contribution in [3.63, 3.8) is 0 Å². The summed E-state index contributed by atoms with van der Waals surface area (Å²) in [6, 6.07) is 22.3. The Morgan fingerprint density at radius 2 is 1.30 bits per heavy atom. The van der Waals surface area contributed by atoms with Crippen LogP contribution in [0.4, 0.5) is 17.1 Å². The highest BCUT2D eigenvalue weighted by atomic mass is 32.2. The number of carbonyl (C=O) groups is 1. The summed E-state index contributed by atoms with van der Waals surface area (Å²) in [6.45, 7) is -0.614. The molecule has 0 radical (unpaired) electrons. The lowest BCUT2D eigenvalue weighted by atomic mass is 10.2. The number of nitrogens with zero attached hydrogens (tertiary/aromatic N) is 1. The van der Waals surface area contributed by atoms with E-state index in [-0.39, 0.29) is 32.6 Å². The first-order valence-corrected chi connectivity index (χ1v) is 15.9. The maximum atomic E-state index is 13.7. The number of anilines is 3. The number of amides is 1. The third-order valence-electron chi connectivity index (χ3n) is 6.37. The van der Waals surface area contributed by atoms with Gasteiger partial charge in [0.2, 0.25) is 5.91 Å². The predicted octanol–water partition coefficient (Wildman–Crippen LogP) is 4.36. The fraction of sp³-hybridized carbons (Fsp3) is 0.167. The molecule has 4 aromatic carbocycles. The molecule has 0 aliphatic heterocycles. The van der Waals surface area contributed by atoms with Gasteiger partial charge in [0.1, 0.15) is 29.5 Å². The van der Waals surface area contributed by atoms with E-state index in [1.54, 1.807) is 36.4 Å². The Balaban J connectivity index is 1.57. The summed E-state index contributed by atoms with van der Waals surface area (Å²) < 4.78 is 78.0. The molecule has 4 aromatic rings. The Kier molecular flexibility index (Phi) is 9.86. The van der Waals surface area contributed by atoms with Crippen LogP contribution in [0.5, 0.6) is 23.0 Å². The maximum absolute atomic E-state index is 13.7. The van der Waals surface area contributed by atoms with Gasteiger partial charge in [0.05, 0.1) is 49.6 Å². The summed E-state index contributed by atoms with van der Waals surface area (Å²) in [4.78, 5) is 13.1. The number of sulfonamides is 2. The zero-order valence-corrected chi connectivity index (χ0v) is 25.9. The van der Waals surface area contributed by atoms with E-state index >= 15 is 0 Å². The van der Waals surface area contributed by atoms with Crippen LogP contribution in [0.15, 0.2) is 101 Å². The van der Waals surface area contributed by atoms with Crippen LogP contribution in [0.3, 0.4) is 0 Å². The number of rotatable bonds is 13. The van der Waals surface area contributed by atoms with Crippen LogP contribution in [0.25, 0.3) is 0 Å². The molecule has 14 heteroatoms. The van der Waals surface area contributed by atoms with Crippen LogP contribution in [0, 0.1) is 0 Å². The Bertz CT molecular complexity index is 1830. The molecule has 0 saturated heterocycles. The van der Waals surface area contributed by atoms with Gasteiger partial charge in [-0.2, -0.15) is 0 Å². The van der Waals surface area contributed by atoms with Crippen LogP contribution in [-0.2, 0) is 24.8 Å². The van der Waals surface area contributed by atoms with E-state index in [1.165, 1.54) is 83.0 Å². The van der Waals surface area contributed by atoms with Crippen molar-refractivity contribution in [3.8, 4) is 23.0 Å². The van der Waals surface area contributed by atoms with E-state index in [0.717, 1.165) is 4.31 Å². The summed E-state index contributed by atoms with van der Waals surface area (Å²) >= 11 is 0. The van der Waals surface area contributed by atoms with Crippen molar-refractivity contribution in [2.45, 2.75) is 9.79 Å². The predicted molar refractivity (Wildman–Crippen MR) is 166 cm³/mol. The summed E-state index contributed by atoms with van der Waals surface area (Å²) in [5.74, 6) is 0.643. The second-order valence-electron chi connectivity index (χ2n) is 9.11. The van der Waals surface area contributed by atoms with Crippen molar-refractivity contribution in [1.29, 1.82) is 0 Å². The number of ether oxygens (including phenoxy) is 4. The number of hydrogen-bond donors (Lipinski definition) is 2. The van der Waals surface area contributed by atoms with Gasteiger partial charge in [0.25, 0.3) is 20.0 Å². The summed E-state index contributed by atoms with van der Waals surface area (Å²) in [7, 11) is -2.56. The molecule has 0 atom stereocenters. The first-order chi connectivity index (χ1) is 21.0. The molecule has 0 fully saturated rings. The Labute approximate surface area is 256 Å². The number of nitrogens with one attached hydrogen (secondary N) is 2. The van der Waals surface area contributed by atoms with Crippen LogP contribution in [0.2, 0.25) is 0 Å². The van der Waals surface area contributed by atoms with Gasteiger partial charge in [-0.3, -0.25) is 13.8 Å². The van der Waals surface area contributed by atoms with E-state index in [2.05, 4.69) is 10.0 Å². The topological polar surface area (TPSA) is 150 Å². The molecular formula is C30H31N3O9S2. The Hall–Kier alpha value is -4.95. The standard InChI is InChI=1S/C30H31N3O9S2/c1-39-22-13-17-28(41-3)26(18-22)32-43(35,36)24-14-10-21(11-15-24)31-30(34)20-33(44(37,38)25-8-6-5-7-9-25)27-16-12-23(40-2)19-29(27)42-4/h5-19,32H,20H2,1-4H3,(H,31,34). The Morgan fingerprint density at radius 1 is 0.682 bits per heavy atom. The van der Waals surface area contributed by atoms with Gasteiger partial charge in [0, 0.05) is 17.8 Å². The molecule has 0 aliphatic carbocycles. The van der Waals surface area contributed by atoms with Crippen molar-refractivity contribution < 1.29 is 40.6 Å². The average molecular weight is 642 g/mol. The molecule has 0 aliphatic rings. The van der Waals surface area contributed by atoms with Gasteiger partial charge in [-0.25, -0.2) is 16.8 Å². The maximum Gasteiger partial charge on any atom is 0.264 e. The van der Waals surface area contributed by atoms with Gasteiger partial charge in [0.15, 0.2) is 0 Å². The molecule has 0 unspecified atom stereocenters. The third-order valence-corrected chi connectivity index (χ3v) is 9.53. The molecular weight excluding hydrogens is 610 g/mol. The lowest BCUT2D eigenvalue weighted by Gasteiger charge is -2.26. The van der Waals surface area contributed by atoms with Crippen molar-refractivity contribution >= 4 is 43.0 Å². The lowest BCUT2D eigenvalue weighted by molar-refractivity contribution is -0.114. The van der Waals surface area contributed by atoms with Crippen molar-refractivity contribution in [2.75, 3.05) is 49.3 Å². The normalized spacial score (nSPS) is 11.3. The van der Waals surface area contributed by atoms with E-state index in [0.29, 0.717) is 17.2 Å². The minimum Gasteiger partial charge on any atom is -0.497 e. The van der Waals surface area contributed by atoms with Gasteiger partial charge in [-0.15, -0.1) is 0 Å². The lowest BCUT2D eigenvalue weighted by Crippen LogP contribution is -2.38. The van der Waals surface area contributed by atoms with Crippen LogP contribution in [-0.4, -0.2) is 57.7 Å². The summed E-state index contributed by atoms with van der Waals surface area (Å²) in [6.07, 6.45) is 0. The summed E-state index contributed by atoms with van der Waals surface area (Å²) in [5, 5.41) is 2.63. The fourth-order valence-corrected chi connectivity index (χ4v) is 6.67. The van der Waals surface area contributed by atoms with Gasteiger partial charge in [-0.1, -0.05) is 18.2 Å². The van der Waals surface area contributed by atoms with Crippen molar-refractivity contribution in [1.82, 2.24) is 0 Å². The smallest absolute Gasteiger partial charge is 0.264 e. The summed E-state index contributed by atoms with van der Waals surface area (Å²) in [5.41, 5.74) is 0.539. The molecule has 0 aromatic heterocycles. The first-order valence-electron chi connectivity index (χ1n) is 13.0. The highest BCUT2D eigenvalue weighted by Crippen LogP contribution is 2.36. The molecule has 2 N–H and O–H groups in total. The fourth-order valence-electron chi connectivity index (χ4n) is 4.16. The second-order valence-corrected chi connectivity index (χ2v) is 12.7. The van der Waals surface area contributed by atoms with Gasteiger partial charge in [-0.05, 0) is 60.7 Å². The van der Waals surface area contributed by atoms with E-state index in [9.17, 15) is 21.6 Å². The average Bonchev–Trinajstić information content (AvgIpc) is 3.03. The van der Waals surface area contributed by atoms with Crippen molar-refractivity contribution in [2.24, 2.45) is 0 Å². The SMILES string of the molecule is COc1ccc(OC)c(NS(=O)(=O)c2ccc(NC(=O)CN(c3ccc(OC)cc3OC)S(=O)(=O)c3ccccc3)cc2)c1. The Morgan fingerprint density at radius 3 is 1.91 bits per heavy atom. The van der Waals surface area contributed by atoms with E-state index < -0.39 is 32.5 Å². The molecule has 44 heavy (non-hydrogen) atoms. The highest BCUT2D eigenvalue weighted by molar-refractivity contribution is 7.93. The molecule has 0 saturated carbocycles. The third kappa shape index (κ3) is 7.15. The van der Waals surface area contributed by atoms with Crippen LogP contribution < -0.4 is 33.3 Å². The highest BCUT2D eigenvalue weighted by Gasteiger charge is 2.30. The molecule has 232 valence electrons. The molecule has 1 amide bonds. The van der Waals surface area contributed by atoms with Gasteiger partial charge < -0.3 is 24.3 Å². The van der Waals surface area contributed by atoms with Crippen LogP contribution in [0.1, 0.15) is 0 Å². The minimum atomic E-state index is -4.22. The van der Waals surface area contributed by atoms with Crippen LogP contribution >= 0.6 is 0 Å². The van der Waals surface area contributed by atoms with E-state index in [1.807, 2.05) is 0 Å². The largest absolute Gasteiger partial charge is 0.497 e. The molecule has 0 bridgehead atoms. The minimum absolute atomic E-state index is 0.0274.